The largest absolute Gasteiger partial charge is 0.459 e. The quantitative estimate of drug-likeness (QED) is 0.313. The molecule has 0 spiro atoms. The van der Waals surface area contributed by atoms with Crippen molar-refractivity contribution in [1.82, 2.24) is 14.4 Å². The van der Waals surface area contributed by atoms with Crippen molar-refractivity contribution in [3.05, 3.63) is 71.7 Å². The third kappa shape index (κ3) is 7.02. The molecule has 3 fully saturated rings. The molecule has 3 aliphatic rings. The van der Waals surface area contributed by atoms with Crippen molar-refractivity contribution in [2.45, 2.75) is 77.0 Å². The molecule has 236 valence electrons. The van der Waals surface area contributed by atoms with Crippen LogP contribution in [0.5, 0.6) is 0 Å². The molecule has 3 aromatic rings. The summed E-state index contributed by atoms with van der Waals surface area (Å²) in [6.45, 7) is 10.8. The fraction of sp³-hybridized carbons (Fsp3) is 0.556. The van der Waals surface area contributed by atoms with Crippen molar-refractivity contribution in [2.75, 3.05) is 32.7 Å². The van der Waals surface area contributed by atoms with E-state index in [4.69, 9.17) is 10.5 Å². The molecular weight excluding hydrogens is 555 g/mol. The molecule has 0 bridgehead atoms. The molecule has 0 radical (unpaired) electrons. The van der Waals surface area contributed by atoms with Gasteiger partial charge in [0.05, 0.1) is 11.1 Å². The number of aromatic nitrogens is 1. The van der Waals surface area contributed by atoms with E-state index in [1.54, 1.807) is 12.1 Å². The molecule has 3 unspecified atom stereocenters. The molecule has 2 aromatic carbocycles. The van der Waals surface area contributed by atoms with Gasteiger partial charge in [-0.05, 0) is 119 Å². The number of hydrogen-bond acceptors (Lipinski definition) is 5. The van der Waals surface area contributed by atoms with E-state index < -0.39 is 17.6 Å². The maximum Gasteiger partial charge on any atom is 0.323 e. The topological polar surface area (TPSA) is 80.8 Å². The van der Waals surface area contributed by atoms with Crippen LogP contribution in [-0.2, 0) is 16.1 Å². The second-order valence-corrected chi connectivity index (χ2v) is 14.3. The van der Waals surface area contributed by atoms with Gasteiger partial charge in [-0.3, -0.25) is 9.59 Å². The Labute approximate surface area is 260 Å². The average molecular weight is 603 g/mol. The molecule has 2 aliphatic heterocycles. The number of hydrogen-bond donors (Lipinski definition) is 1. The number of fused-ring (bicyclic) bond motifs is 1. The smallest absolute Gasteiger partial charge is 0.323 e. The molecular formula is C36H47FN4O3. The zero-order valence-corrected chi connectivity index (χ0v) is 26.4. The number of piperidine rings is 1. The van der Waals surface area contributed by atoms with Crippen molar-refractivity contribution in [2.24, 2.45) is 23.5 Å². The highest BCUT2D eigenvalue weighted by molar-refractivity contribution is 6.06. The second kappa shape index (κ2) is 12.6. The number of nitrogens with two attached hydrogens (primary N) is 1. The minimum absolute atomic E-state index is 0.0927. The zero-order chi connectivity index (χ0) is 31.0. The Kier molecular flexibility index (Phi) is 8.84. The van der Waals surface area contributed by atoms with Crippen molar-refractivity contribution >= 4 is 22.8 Å². The summed E-state index contributed by atoms with van der Waals surface area (Å²) >= 11 is 0. The van der Waals surface area contributed by atoms with Crippen LogP contribution in [0.1, 0.15) is 74.7 Å². The molecule has 1 aromatic heterocycles. The van der Waals surface area contributed by atoms with Gasteiger partial charge >= 0.3 is 5.97 Å². The maximum absolute atomic E-state index is 14.1. The van der Waals surface area contributed by atoms with Gasteiger partial charge in [0.2, 0.25) is 0 Å². The van der Waals surface area contributed by atoms with Crippen LogP contribution in [0.15, 0.2) is 54.7 Å². The van der Waals surface area contributed by atoms with Gasteiger partial charge in [-0.25, -0.2) is 4.39 Å². The van der Waals surface area contributed by atoms with Crippen LogP contribution in [0.4, 0.5) is 4.39 Å². The maximum atomic E-state index is 14.1. The summed E-state index contributed by atoms with van der Waals surface area (Å²) in [7, 11) is 0. The lowest BCUT2D eigenvalue weighted by Crippen LogP contribution is -2.39. The number of halogens is 1. The number of likely N-dealkylation sites (tertiary alicyclic amines) is 2. The number of ether oxygens (including phenoxy) is 1. The van der Waals surface area contributed by atoms with Gasteiger partial charge in [-0.1, -0.05) is 24.3 Å². The Bertz CT molecular complexity index is 1470. The van der Waals surface area contributed by atoms with Gasteiger partial charge in [-0.2, -0.15) is 0 Å². The lowest BCUT2D eigenvalue weighted by molar-refractivity contribution is -0.156. The fourth-order valence-electron chi connectivity index (χ4n) is 7.39. The third-order valence-corrected chi connectivity index (χ3v) is 9.84. The van der Waals surface area contributed by atoms with Gasteiger partial charge < -0.3 is 24.8 Å². The lowest BCUT2D eigenvalue weighted by atomic mass is 9.87. The van der Waals surface area contributed by atoms with E-state index in [9.17, 15) is 14.0 Å². The van der Waals surface area contributed by atoms with Gasteiger partial charge in [0, 0.05) is 37.8 Å². The van der Waals surface area contributed by atoms with Gasteiger partial charge in [0.15, 0.2) is 0 Å². The van der Waals surface area contributed by atoms with Crippen LogP contribution >= 0.6 is 0 Å². The summed E-state index contributed by atoms with van der Waals surface area (Å²) in [5.74, 6) is 1.75. The normalized spacial score (nSPS) is 22.4. The van der Waals surface area contributed by atoms with E-state index in [2.05, 4.69) is 14.4 Å². The van der Waals surface area contributed by atoms with Crippen molar-refractivity contribution in [3.63, 3.8) is 0 Å². The fourth-order valence-corrected chi connectivity index (χ4v) is 7.39. The standard InChI is InChI=1S/C36H47FN4O3/c1-36(2,3)44-35(43)32(38)16-20-40-19-15-27-5-4-6-30(33(27)40)34(42)41-22-28(31(23-41)26-7-8-26)21-39-17-13-25(14-18-39)24-9-11-29(37)12-10-24/h4-6,9-12,15,19,25-26,28,31-32H,7-8,13-14,16-18,20-23,38H2,1-3H3. The van der Waals surface area contributed by atoms with Crippen molar-refractivity contribution in [3.8, 4) is 0 Å². The summed E-state index contributed by atoms with van der Waals surface area (Å²) in [5.41, 5.74) is 8.47. The second-order valence-electron chi connectivity index (χ2n) is 14.3. The minimum atomic E-state index is -0.728. The molecule has 7 nitrogen and oxygen atoms in total. The van der Waals surface area contributed by atoms with E-state index >= 15 is 0 Å². The molecule has 2 N–H and O–H groups in total. The molecule has 6 rings (SSSR count). The van der Waals surface area contributed by atoms with E-state index in [0.717, 1.165) is 62.4 Å². The van der Waals surface area contributed by atoms with Crippen LogP contribution < -0.4 is 5.73 Å². The van der Waals surface area contributed by atoms with Crippen LogP contribution in [0.2, 0.25) is 0 Å². The van der Waals surface area contributed by atoms with Gasteiger partial charge in [0.25, 0.3) is 5.91 Å². The third-order valence-electron chi connectivity index (χ3n) is 9.84. The monoisotopic (exact) mass is 602 g/mol. The Morgan fingerprint density at radius 1 is 1.00 bits per heavy atom. The van der Waals surface area contributed by atoms with Crippen LogP contribution in [0.3, 0.4) is 0 Å². The summed E-state index contributed by atoms with van der Waals surface area (Å²) in [6.07, 6.45) is 7.13. The summed E-state index contributed by atoms with van der Waals surface area (Å²) in [4.78, 5) is 31.3. The number of carbonyl (C=O) groups excluding carboxylic acids is 2. The number of benzene rings is 2. The molecule has 1 aliphatic carbocycles. The van der Waals surface area contributed by atoms with Crippen LogP contribution in [-0.4, -0.2) is 70.6 Å². The highest BCUT2D eigenvalue weighted by Crippen LogP contribution is 2.45. The highest BCUT2D eigenvalue weighted by atomic mass is 19.1. The Balaban J connectivity index is 1.11. The first-order valence-electron chi connectivity index (χ1n) is 16.4. The molecule has 3 atom stereocenters. The number of nitrogens with zero attached hydrogens (tertiary/aromatic N) is 3. The number of amides is 1. The van der Waals surface area contributed by atoms with E-state index in [-0.39, 0.29) is 11.7 Å². The summed E-state index contributed by atoms with van der Waals surface area (Å²) in [5, 5.41) is 1.01. The molecule has 3 heterocycles. The number of rotatable bonds is 9. The molecule has 44 heavy (non-hydrogen) atoms. The lowest BCUT2D eigenvalue weighted by Gasteiger charge is -2.34. The van der Waals surface area contributed by atoms with Crippen LogP contribution in [0, 0.1) is 23.6 Å². The van der Waals surface area contributed by atoms with E-state index in [1.807, 2.05) is 63.4 Å². The summed E-state index contributed by atoms with van der Waals surface area (Å²) < 4.78 is 20.9. The molecule has 8 heteroatoms. The van der Waals surface area contributed by atoms with E-state index in [0.29, 0.717) is 36.3 Å². The predicted octanol–water partition coefficient (Wildman–Crippen LogP) is 5.82. The first-order chi connectivity index (χ1) is 21.1. The average Bonchev–Trinajstić information content (AvgIpc) is 3.62. The van der Waals surface area contributed by atoms with Gasteiger partial charge in [0.1, 0.15) is 17.5 Å². The molecule has 1 saturated carbocycles. The Morgan fingerprint density at radius 2 is 1.73 bits per heavy atom. The van der Waals surface area contributed by atoms with Crippen molar-refractivity contribution in [1.29, 1.82) is 0 Å². The van der Waals surface area contributed by atoms with Crippen LogP contribution in [0.25, 0.3) is 10.9 Å². The zero-order valence-electron chi connectivity index (χ0n) is 26.4. The number of carbonyl (C=O) groups is 2. The summed E-state index contributed by atoms with van der Waals surface area (Å²) in [6, 6.07) is 14.3. The predicted molar refractivity (Wildman–Crippen MR) is 171 cm³/mol. The minimum Gasteiger partial charge on any atom is -0.459 e. The Morgan fingerprint density at radius 3 is 2.41 bits per heavy atom. The number of para-hydroxylation sites is 1. The molecule has 2 saturated heterocycles. The number of esters is 1. The molecule has 1 amide bonds. The van der Waals surface area contributed by atoms with E-state index in [1.165, 1.54) is 18.4 Å². The Hall–Kier alpha value is -3.23. The SMILES string of the molecule is CC(C)(C)OC(=O)C(N)CCn1ccc2cccc(C(=O)N3CC(CN4CCC(c5ccc(F)cc5)CC4)C(C4CC4)C3)c21. The number of aryl methyl sites for hydroxylation is 1. The van der Waals surface area contributed by atoms with Crippen molar-refractivity contribution < 1.29 is 18.7 Å². The first kappa shape index (κ1) is 30.8. The highest BCUT2D eigenvalue weighted by Gasteiger charge is 2.44. The van der Waals surface area contributed by atoms with Gasteiger partial charge in [-0.15, -0.1) is 0 Å². The first-order valence-corrected chi connectivity index (χ1v) is 16.4.